The van der Waals surface area contributed by atoms with Gasteiger partial charge in [0.1, 0.15) is 5.82 Å². The normalized spacial score (nSPS) is 17.2. The summed E-state index contributed by atoms with van der Waals surface area (Å²) in [5.74, 6) is -1.45. The summed E-state index contributed by atoms with van der Waals surface area (Å²) in [4.78, 5) is 13.0. The van der Waals surface area contributed by atoms with Gasteiger partial charge >= 0.3 is 5.97 Å². The van der Waals surface area contributed by atoms with Gasteiger partial charge < -0.3 is 20.5 Å². The zero-order valence-corrected chi connectivity index (χ0v) is 10.2. The topological polar surface area (TPSA) is 75.8 Å². The van der Waals surface area contributed by atoms with Crippen LogP contribution >= 0.6 is 0 Å². The number of benzene rings is 1. The van der Waals surface area contributed by atoms with Crippen LogP contribution in [0.4, 0.5) is 15.8 Å². The largest absolute Gasteiger partial charge is 0.465 e. The molecule has 0 spiro atoms. The third-order valence-corrected chi connectivity index (χ3v) is 2.93. The Bertz CT molecular complexity index is 494. The van der Waals surface area contributed by atoms with Crippen LogP contribution in [0.5, 0.6) is 0 Å². The van der Waals surface area contributed by atoms with Gasteiger partial charge in [-0.15, -0.1) is 0 Å². The second kappa shape index (κ2) is 4.13. The Morgan fingerprint density at radius 2 is 2.17 bits per heavy atom. The molecule has 0 atom stereocenters. The van der Waals surface area contributed by atoms with Crippen LogP contribution in [0.2, 0.25) is 0 Å². The number of nitrogen functional groups attached to an aromatic ring is 1. The van der Waals surface area contributed by atoms with Gasteiger partial charge in [-0.3, -0.25) is 0 Å². The maximum atomic E-state index is 13.7. The fraction of sp³-hybridized carbons (Fsp3) is 0.417. The van der Waals surface area contributed by atoms with Crippen LogP contribution in [0, 0.1) is 5.82 Å². The number of aliphatic hydroxyl groups is 1. The molecule has 1 saturated heterocycles. The Morgan fingerprint density at radius 1 is 1.56 bits per heavy atom. The highest BCUT2D eigenvalue weighted by atomic mass is 19.1. The number of esters is 1. The summed E-state index contributed by atoms with van der Waals surface area (Å²) in [6.45, 7) is 2.46. The second-order valence-corrected chi connectivity index (χ2v) is 4.74. The highest BCUT2D eigenvalue weighted by Crippen LogP contribution is 2.33. The van der Waals surface area contributed by atoms with E-state index in [9.17, 15) is 14.3 Å². The Morgan fingerprint density at radius 3 is 2.67 bits per heavy atom. The summed E-state index contributed by atoms with van der Waals surface area (Å²) in [5.41, 5.74) is 5.58. The van der Waals surface area contributed by atoms with E-state index in [0.29, 0.717) is 18.8 Å². The van der Waals surface area contributed by atoms with Gasteiger partial charge in [0.15, 0.2) is 0 Å². The van der Waals surface area contributed by atoms with Crippen molar-refractivity contribution in [2.75, 3.05) is 30.8 Å². The lowest BCUT2D eigenvalue weighted by Crippen LogP contribution is -2.60. The highest BCUT2D eigenvalue weighted by Gasteiger charge is 2.37. The molecule has 3 N–H and O–H groups in total. The molecule has 2 rings (SSSR count). The number of nitrogens with zero attached hydrogens (tertiary/aromatic N) is 1. The van der Waals surface area contributed by atoms with Gasteiger partial charge in [-0.05, 0) is 13.0 Å². The highest BCUT2D eigenvalue weighted by molar-refractivity contribution is 5.92. The van der Waals surface area contributed by atoms with E-state index in [-0.39, 0.29) is 11.3 Å². The van der Waals surface area contributed by atoms with Gasteiger partial charge in [0.05, 0.1) is 29.6 Å². The first-order valence-corrected chi connectivity index (χ1v) is 5.49. The van der Waals surface area contributed by atoms with E-state index in [1.165, 1.54) is 19.2 Å². The van der Waals surface area contributed by atoms with Crippen LogP contribution in [-0.2, 0) is 4.74 Å². The van der Waals surface area contributed by atoms with E-state index >= 15 is 0 Å². The molecular weight excluding hydrogens is 239 g/mol. The molecule has 1 heterocycles. The summed E-state index contributed by atoms with van der Waals surface area (Å²) in [5, 5.41) is 9.64. The summed E-state index contributed by atoms with van der Waals surface area (Å²) < 4.78 is 18.2. The number of hydrogen-bond acceptors (Lipinski definition) is 5. The second-order valence-electron chi connectivity index (χ2n) is 4.74. The molecule has 0 saturated carbocycles. The summed E-state index contributed by atoms with van der Waals surface area (Å²) >= 11 is 0. The van der Waals surface area contributed by atoms with E-state index in [4.69, 9.17) is 5.73 Å². The minimum absolute atomic E-state index is 0.189. The Labute approximate surface area is 104 Å². The Kier molecular flexibility index (Phi) is 2.90. The predicted octanol–water partition coefficient (Wildman–Crippen LogP) is 0.765. The molecule has 98 valence electrons. The minimum Gasteiger partial charge on any atom is -0.465 e. The van der Waals surface area contributed by atoms with Crippen molar-refractivity contribution in [1.29, 1.82) is 0 Å². The fourth-order valence-electron chi connectivity index (χ4n) is 2.07. The average Bonchev–Trinajstić information content (AvgIpc) is 2.27. The van der Waals surface area contributed by atoms with E-state index < -0.39 is 17.4 Å². The molecular formula is C12H15FN2O3. The van der Waals surface area contributed by atoms with Crippen LogP contribution < -0.4 is 10.6 Å². The molecule has 0 amide bonds. The van der Waals surface area contributed by atoms with Crippen molar-refractivity contribution in [2.24, 2.45) is 0 Å². The fourth-order valence-corrected chi connectivity index (χ4v) is 2.07. The van der Waals surface area contributed by atoms with Crippen molar-refractivity contribution in [3.05, 3.63) is 23.5 Å². The van der Waals surface area contributed by atoms with Gasteiger partial charge in [-0.25, -0.2) is 9.18 Å². The van der Waals surface area contributed by atoms with Crippen LogP contribution in [0.3, 0.4) is 0 Å². The molecule has 0 radical (unpaired) electrons. The Hall–Kier alpha value is -1.82. The summed E-state index contributed by atoms with van der Waals surface area (Å²) in [7, 11) is 1.18. The van der Waals surface area contributed by atoms with E-state index in [1.807, 2.05) is 0 Å². The standard InChI is InChI=1S/C12H15FN2O3/c1-12(17)5-15(6-12)10-4-8(13)7(3-9(10)14)11(16)18-2/h3-4,17H,5-6,14H2,1-2H3. The first kappa shape index (κ1) is 12.6. The number of β-amino-alcohol motifs (C(OH)–C–C–N with tert-alkyl or cyclic N) is 1. The van der Waals surface area contributed by atoms with Crippen molar-refractivity contribution in [2.45, 2.75) is 12.5 Å². The maximum absolute atomic E-state index is 13.7. The number of rotatable bonds is 2. The van der Waals surface area contributed by atoms with Crippen molar-refractivity contribution >= 4 is 17.3 Å². The van der Waals surface area contributed by atoms with E-state index in [1.54, 1.807) is 11.8 Å². The smallest absolute Gasteiger partial charge is 0.340 e. The number of nitrogens with two attached hydrogens (primary N) is 1. The number of ether oxygens (including phenoxy) is 1. The van der Waals surface area contributed by atoms with Crippen molar-refractivity contribution in [1.82, 2.24) is 0 Å². The lowest BCUT2D eigenvalue weighted by atomic mass is 9.95. The molecule has 0 aromatic heterocycles. The summed E-state index contributed by atoms with van der Waals surface area (Å²) in [6, 6.07) is 2.44. The number of carbonyl (C=O) groups excluding carboxylic acids is 1. The third-order valence-electron chi connectivity index (χ3n) is 2.93. The molecule has 18 heavy (non-hydrogen) atoms. The number of carbonyl (C=O) groups is 1. The first-order valence-electron chi connectivity index (χ1n) is 5.49. The maximum Gasteiger partial charge on any atom is 0.340 e. The first-order chi connectivity index (χ1) is 8.34. The molecule has 1 aromatic rings. The molecule has 1 fully saturated rings. The van der Waals surface area contributed by atoms with Gasteiger partial charge in [-0.2, -0.15) is 0 Å². The third kappa shape index (κ3) is 2.11. The van der Waals surface area contributed by atoms with Crippen LogP contribution in [0.1, 0.15) is 17.3 Å². The van der Waals surface area contributed by atoms with Gasteiger partial charge in [0.2, 0.25) is 0 Å². The van der Waals surface area contributed by atoms with Crippen molar-refractivity contribution in [3.63, 3.8) is 0 Å². The lowest BCUT2D eigenvalue weighted by Gasteiger charge is -2.46. The number of halogens is 1. The van der Waals surface area contributed by atoms with E-state index in [0.717, 1.165) is 0 Å². The minimum atomic E-state index is -0.774. The zero-order chi connectivity index (χ0) is 13.5. The monoisotopic (exact) mass is 254 g/mol. The molecule has 0 aliphatic carbocycles. The SMILES string of the molecule is COC(=O)c1cc(N)c(N2CC(C)(O)C2)cc1F. The average molecular weight is 254 g/mol. The quantitative estimate of drug-likeness (QED) is 0.602. The number of anilines is 2. The lowest BCUT2D eigenvalue weighted by molar-refractivity contribution is 0.0310. The van der Waals surface area contributed by atoms with Gasteiger partial charge in [0.25, 0.3) is 0 Å². The predicted molar refractivity (Wildman–Crippen MR) is 65.0 cm³/mol. The zero-order valence-electron chi connectivity index (χ0n) is 10.2. The van der Waals surface area contributed by atoms with Gasteiger partial charge in [0, 0.05) is 19.2 Å². The molecule has 1 aliphatic rings. The van der Waals surface area contributed by atoms with Gasteiger partial charge in [-0.1, -0.05) is 0 Å². The molecule has 1 aromatic carbocycles. The van der Waals surface area contributed by atoms with E-state index in [2.05, 4.69) is 4.74 Å². The number of hydrogen-bond donors (Lipinski definition) is 2. The molecule has 5 nitrogen and oxygen atoms in total. The van der Waals surface area contributed by atoms with Crippen LogP contribution in [0.15, 0.2) is 12.1 Å². The van der Waals surface area contributed by atoms with Crippen molar-refractivity contribution < 1.29 is 19.0 Å². The molecule has 0 unspecified atom stereocenters. The number of methoxy groups -OCH3 is 1. The Balaban J connectivity index is 2.30. The van der Waals surface area contributed by atoms with Crippen molar-refractivity contribution in [3.8, 4) is 0 Å². The molecule has 6 heteroatoms. The molecule has 0 bridgehead atoms. The molecule has 1 aliphatic heterocycles. The summed E-state index contributed by atoms with van der Waals surface area (Å²) in [6.07, 6.45) is 0. The van der Waals surface area contributed by atoms with Crippen LogP contribution in [-0.4, -0.2) is 36.9 Å². The van der Waals surface area contributed by atoms with Crippen LogP contribution in [0.25, 0.3) is 0 Å².